The summed E-state index contributed by atoms with van der Waals surface area (Å²) in [6.45, 7) is 0. The maximum absolute atomic E-state index is 13.8. The smallest absolute Gasteiger partial charge is 1.00 e. The van der Waals surface area contributed by atoms with Crippen molar-refractivity contribution in [3.63, 3.8) is 0 Å². The molecule has 0 spiro atoms. The fourth-order valence-corrected chi connectivity index (χ4v) is 4.53. The molecule has 140 valence electrons. The average molecular weight is 508 g/mol. The molecule has 0 bridgehead atoms. The van der Waals surface area contributed by atoms with Crippen LogP contribution in [0, 0.1) is 0 Å². The number of pyridine rings is 1. The van der Waals surface area contributed by atoms with Crippen LogP contribution in [0.4, 0.5) is 8.78 Å². The summed E-state index contributed by atoms with van der Waals surface area (Å²) in [5.74, 6) is 0.500. The number of alkyl halides is 2. The number of aromatic nitrogens is 1. The van der Waals surface area contributed by atoms with E-state index in [4.69, 9.17) is 9.79 Å². The van der Waals surface area contributed by atoms with E-state index in [1.807, 2.05) is 30.3 Å². The van der Waals surface area contributed by atoms with Gasteiger partial charge in [-0.25, -0.2) is 0 Å². The first-order valence-electron chi connectivity index (χ1n) is 7.38. The molecule has 0 unspecified atom stereocenters. The van der Waals surface area contributed by atoms with Crippen LogP contribution in [0.15, 0.2) is 64.1 Å². The van der Waals surface area contributed by atoms with Crippen molar-refractivity contribution in [2.24, 2.45) is 0 Å². The molecule has 0 saturated heterocycles. The van der Waals surface area contributed by atoms with Gasteiger partial charge in [0, 0.05) is 32.3 Å². The third kappa shape index (κ3) is 6.11. The maximum atomic E-state index is 13.8. The third-order valence-electron chi connectivity index (χ3n) is 3.69. The molecule has 0 radical (unpaired) electrons. The molecule has 0 atom stereocenters. The molecule has 0 amide bonds. The van der Waals surface area contributed by atoms with Gasteiger partial charge in [-0.15, -0.1) is 11.8 Å². The monoisotopic (exact) mass is 507 g/mol. The number of hydrogen-bond acceptors (Lipinski definition) is 3. The van der Waals surface area contributed by atoms with Crippen molar-refractivity contribution in [1.29, 1.82) is 0 Å². The van der Waals surface area contributed by atoms with Crippen LogP contribution in [-0.4, -0.2) is 14.8 Å². The standard InChI is InChI=1S/C17H13BrF2NO3PS.2Na.2H/c18-15-7-11(5-6-14(15)17(19,20)25(22,23)24)10-26-13-8-12-3-1-2-4-16(12)21-9-13;;;;/h1-9H,10H2,(H2,22,23,24);;;;/q;2*+1;2*-1. The molecule has 2 aromatic carbocycles. The van der Waals surface area contributed by atoms with Gasteiger partial charge in [0.2, 0.25) is 0 Å². The molecule has 3 aromatic rings. The van der Waals surface area contributed by atoms with Gasteiger partial charge in [0.15, 0.2) is 0 Å². The predicted molar refractivity (Wildman–Crippen MR) is 104 cm³/mol. The van der Waals surface area contributed by atoms with Crippen molar-refractivity contribution in [3.8, 4) is 0 Å². The minimum absolute atomic E-state index is 0. The Morgan fingerprint density at radius 3 is 2.46 bits per heavy atom. The predicted octanol–water partition coefficient (Wildman–Crippen LogP) is -0.250. The summed E-state index contributed by atoms with van der Waals surface area (Å²) in [6, 6.07) is 13.6. The minimum atomic E-state index is -5.60. The number of halogens is 3. The minimum Gasteiger partial charge on any atom is -1.00 e. The summed E-state index contributed by atoms with van der Waals surface area (Å²) < 4.78 is 38.7. The van der Waals surface area contributed by atoms with Crippen molar-refractivity contribution in [2.45, 2.75) is 16.3 Å². The van der Waals surface area contributed by atoms with Crippen LogP contribution in [0.25, 0.3) is 10.9 Å². The molecule has 0 aliphatic rings. The quantitative estimate of drug-likeness (QED) is 0.283. The topological polar surface area (TPSA) is 70.4 Å². The summed E-state index contributed by atoms with van der Waals surface area (Å²) >= 11 is 4.48. The molecule has 2 N–H and O–H groups in total. The van der Waals surface area contributed by atoms with Gasteiger partial charge in [-0.1, -0.05) is 46.3 Å². The Bertz CT molecular complexity index is 1030. The second kappa shape index (κ2) is 10.8. The molecule has 1 aromatic heterocycles. The van der Waals surface area contributed by atoms with E-state index in [-0.39, 0.29) is 66.4 Å². The van der Waals surface area contributed by atoms with E-state index in [2.05, 4.69) is 20.9 Å². The number of hydrogen-bond donors (Lipinski definition) is 2. The first-order valence-corrected chi connectivity index (χ1v) is 10.8. The molecular weight excluding hydrogens is 493 g/mol. The first kappa shape index (κ1) is 26.7. The van der Waals surface area contributed by atoms with Crippen molar-refractivity contribution in [3.05, 3.63) is 70.3 Å². The number of para-hydroxylation sites is 1. The van der Waals surface area contributed by atoms with E-state index in [1.165, 1.54) is 23.9 Å². The molecular formula is C17H15BrF2NNa2O3PS. The van der Waals surface area contributed by atoms with E-state index in [1.54, 1.807) is 6.20 Å². The molecule has 1 heterocycles. The van der Waals surface area contributed by atoms with Crippen LogP contribution >= 0.6 is 35.3 Å². The summed E-state index contributed by atoms with van der Waals surface area (Å²) in [5.41, 5.74) is -3.34. The number of benzene rings is 2. The number of rotatable bonds is 5. The SMILES string of the molecule is O=P(O)(O)C(F)(F)c1ccc(CSc2cnc3ccccc3c2)cc1Br.[H-].[H-].[Na+].[Na+]. The normalized spacial score (nSPS) is 11.6. The number of thioether (sulfide) groups is 1. The Morgan fingerprint density at radius 2 is 1.82 bits per heavy atom. The zero-order valence-electron chi connectivity index (χ0n) is 17.1. The van der Waals surface area contributed by atoms with Gasteiger partial charge in [-0.3, -0.25) is 9.55 Å². The molecule has 3 rings (SSSR count). The Balaban J connectivity index is 0. The second-order valence-electron chi connectivity index (χ2n) is 5.55. The van der Waals surface area contributed by atoms with Gasteiger partial charge in [0.25, 0.3) is 0 Å². The first-order chi connectivity index (χ1) is 12.2. The molecule has 4 nitrogen and oxygen atoms in total. The fraction of sp³-hybridized carbons (Fsp3) is 0.118. The molecule has 0 aliphatic carbocycles. The van der Waals surface area contributed by atoms with Crippen molar-refractivity contribution in [1.82, 2.24) is 4.98 Å². The summed E-state index contributed by atoms with van der Waals surface area (Å²) in [7, 11) is -5.60. The van der Waals surface area contributed by atoms with Crippen LogP contribution in [0.2, 0.25) is 0 Å². The molecule has 0 aliphatic heterocycles. The molecule has 0 saturated carbocycles. The van der Waals surface area contributed by atoms with E-state index in [9.17, 15) is 13.3 Å². The summed E-state index contributed by atoms with van der Waals surface area (Å²) in [5, 5.41) is 1.01. The zero-order chi connectivity index (χ0) is 18.9. The van der Waals surface area contributed by atoms with Crippen molar-refractivity contribution >= 4 is 46.2 Å². The van der Waals surface area contributed by atoms with E-state index >= 15 is 0 Å². The molecule has 0 fully saturated rings. The van der Waals surface area contributed by atoms with Gasteiger partial charge in [0.1, 0.15) is 0 Å². The third-order valence-corrected chi connectivity index (χ3v) is 6.36. The summed E-state index contributed by atoms with van der Waals surface area (Å²) in [4.78, 5) is 23.0. The Labute approximate surface area is 220 Å². The van der Waals surface area contributed by atoms with Crippen LogP contribution in [0.1, 0.15) is 14.0 Å². The number of fused-ring (bicyclic) bond motifs is 1. The van der Waals surface area contributed by atoms with Crippen LogP contribution in [0.5, 0.6) is 0 Å². The van der Waals surface area contributed by atoms with Crippen LogP contribution in [0.3, 0.4) is 0 Å². The number of nitrogens with zero attached hydrogens (tertiary/aromatic N) is 1. The molecule has 28 heavy (non-hydrogen) atoms. The second-order valence-corrected chi connectivity index (χ2v) is 9.10. The van der Waals surface area contributed by atoms with Crippen molar-refractivity contribution < 1.29 is 85.1 Å². The van der Waals surface area contributed by atoms with Gasteiger partial charge >= 0.3 is 72.4 Å². The fourth-order valence-electron chi connectivity index (χ4n) is 2.35. The molecule has 11 heteroatoms. The van der Waals surface area contributed by atoms with E-state index in [0.717, 1.165) is 27.4 Å². The van der Waals surface area contributed by atoms with Gasteiger partial charge < -0.3 is 12.6 Å². The van der Waals surface area contributed by atoms with Gasteiger partial charge in [-0.2, -0.15) is 8.78 Å². The van der Waals surface area contributed by atoms with E-state index in [0.29, 0.717) is 5.75 Å². The van der Waals surface area contributed by atoms with Gasteiger partial charge in [-0.05, 0) is 23.8 Å². The van der Waals surface area contributed by atoms with Crippen LogP contribution < -0.4 is 59.1 Å². The largest absolute Gasteiger partial charge is 1.00 e. The Morgan fingerprint density at radius 1 is 1.14 bits per heavy atom. The summed E-state index contributed by atoms with van der Waals surface area (Å²) in [6.07, 6.45) is 1.75. The maximum Gasteiger partial charge on any atom is 1.00 e. The van der Waals surface area contributed by atoms with Crippen LogP contribution in [-0.2, 0) is 16.0 Å². The van der Waals surface area contributed by atoms with Crippen molar-refractivity contribution in [2.75, 3.05) is 0 Å². The Hall–Kier alpha value is 0.690. The van der Waals surface area contributed by atoms with Gasteiger partial charge in [0.05, 0.1) is 5.52 Å². The zero-order valence-corrected chi connectivity index (χ0v) is 22.4. The van der Waals surface area contributed by atoms with E-state index < -0.39 is 18.8 Å². The average Bonchev–Trinajstić information content (AvgIpc) is 2.58. The Kier molecular flexibility index (Phi) is 10.3.